The SMILES string of the molecule is Cc1cc(OCc2ccc(C(=O)NC(C)c3cn(C)nc3C)o2)c(C(C)C)cc1Cl. The van der Waals surface area contributed by atoms with E-state index in [4.69, 9.17) is 20.8 Å². The van der Waals surface area contributed by atoms with Crippen molar-refractivity contribution in [2.24, 2.45) is 7.05 Å². The number of carbonyl (C=O) groups is 1. The second-order valence-electron chi connectivity index (χ2n) is 7.89. The molecule has 6 nitrogen and oxygen atoms in total. The highest BCUT2D eigenvalue weighted by Crippen LogP contribution is 2.32. The molecule has 0 radical (unpaired) electrons. The average Bonchev–Trinajstić information content (AvgIpc) is 3.28. The molecule has 0 aliphatic heterocycles. The largest absolute Gasteiger partial charge is 0.485 e. The minimum absolute atomic E-state index is 0.179. The van der Waals surface area contributed by atoms with Gasteiger partial charge < -0.3 is 14.5 Å². The first-order valence-corrected chi connectivity index (χ1v) is 10.4. The molecule has 2 aromatic heterocycles. The van der Waals surface area contributed by atoms with E-state index < -0.39 is 0 Å². The van der Waals surface area contributed by atoms with Crippen LogP contribution in [0.3, 0.4) is 0 Å². The zero-order chi connectivity index (χ0) is 22.0. The molecule has 1 N–H and O–H groups in total. The van der Waals surface area contributed by atoms with Gasteiger partial charge in [0, 0.05) is 23.8 Å². The number of aryl methyl sites for hydroxylation is 3. The minimum atomic E-state index is -0.276. The van der Waals surface area contributed by atoms with Crippen molar-refractivity contribution in [3.05, 3.63) is 69.4 Å². The first-order valence-electron chi connectivity index (χ1n) is 9.98. The molecular formula is C23H28ClN3O3. The predicted molar refractivity (Wildman–Crippen MR) is 117 cm³/mol. The van der Waals surface area contributed by atoms with Crippen LogP contribution in [0.4, 0.5) is 0 Å². The molecule has 0 aliphatic carbocycles. The molecule has 2 heterocycles. The fourth-order valence-electron chi connectivity index (χ4n) is 3.36. The maximum Gasteiger partial charge on any atom is 0.287 e. The third kappa shape index (κ3) is 4.87. The van der Waals surface area contributed by atoms with Gasteiger partial charge >= 0.3 is 0 Å². The molecule has 0 fully saturated rings. The van der Waals surface area contributed by atoms with E-state index in [0.29, 0.717) is 5.76 Å². The molecule has 7 heteroatoms. The number of benzene rings is 1. The number of hydrogen-bond donors (Lipinski definition) is 1. The van der Waals surface area contributed by atoms with Crippen LogP contribution in [0.1, 0.15) is 71.4 Å². The molecule has 1 atom stereocenters. The van der Waals surface area contributed by atoms with E-state index in [1.54, 1.807) is 16.8 Å². The van der Waals surface area contributed by atoms with Crippen molar-refractivity contribution in [2.45, 2.75) is 53.2 Å². The Morgan fingerprint density at radius 1 is 1.23 bits per heavy atom. The van der Waals surface area contributed by atoms with E-state index in [0.717, 1.165) is 33.2 Å². The van der Waals surface area contributed by atoms with Crippen LogP contribution in [0.25, 0.3) is 0 Å². The quantitative estimate of drug-likeness (QED) is 0.540. The van der Waals surface area contributed by atoms with Crippen LogP contribution >= 0.6 is 11.6 Å². The number of furan rings is 1. The lowest BCUT2D eigenvalue weighted by Gasteiger charge is -2.15. The summed E-state index contributed by atoms with van der Waals surface area (Å²) in [7, 11) is 1.86. The van der Waals surface area contributed by atoms with E-state index in [2.05, 4.69) is 24.3 Å². The van der Waals surface area contributed by atoms with Crippen LogP contribution in [-0.4, -0.2) is 15.7 Å². The van der Waals surface area contributed by atoms with E-state index in [1.165, 1.54) is 0 Å². The summed E-state index contributed by atoms with van der Waals surface area (Å²) < 4.78 is 13.4. The fourth-order valence-corrected chi connectivity index (χ4v) is 3.53. The number of rotatable bonds is 7. The van der Waals surface area contributed by atoms with Crippen LogP contribution in [0.15, 0.2) is 34.9 Å². The molecule has 1 aromatic carbocycles. The van der Waals surface area contributed by atoms with Crippen LogP contribution in [0.2, 0.25) is 5.02 Å². The summed E-state index contributed by atoms with van der Waals surface area (Å²) in [6.07, 6.45) is 1.90. The van der Waals surface area contributed by atoms with E-state index >= 15 is 0 Å². The molecule has 1 unspecified atom stereocenters. The summed E-state index contributed by atoms with van der Waals surface area (Å²) in [5, 5.41) is 7.99. The highest BCUT2D eigenvalue weighted by atomic mass is 35.5. The lowest BCUT2D eigenvalue weighted by molar-refractivity contribution is 0.0907. The van der Waals surface area contributed by atoms with Gasteiger partial charge in [0.2, 0.25) is 0 Å². The summed E-state index contributed by atoms with van der Waals surface area (Å²) in [5.41, 5.74) is 3.85. The van der Waals surface area contributed by atoms with Gasteiger partial charge in [-0.2, -0.15) is 5.10 Å². The molecule has 0 bridgehead atoms. The van der Waals surface area contributed by atoms with Crippen molar-refractivity contribution < 1.29 is 13.9 Å². The average molecular weight is 430 g/mol. The number of aromatic nitrogens is 2. The Labute approximate surface area is 182 Å². The van der Waals surface area contributed by atoms with Gasteiger partial charge in [-0.25, -0.2) is 0 Å². The van der Waals surface area contributed by atoms with Gasteiger partial charge in [-0.3, -0.25) is 9.48 Å². The molecule has 0 aliphatic rings. The first kappa shape index (κ1) is 22.0. The molecule has 30 heavy (non-hydrogen) atoms. The van der Waals surface area contributed by atoms with E-state index in [-0.39, 0.29) is 30.2 Å². The number of nitrogens with one attached hydrogen (secondary N) is 1. The van der Waals surface area contributed by atoms with Crippen molar-refractivity contribution in [3.8, 4) is 5.75 Å². The molecule has 1 amide bonds. The molecule has 0 spiro atoms. The van der Waals surface area contributed by atoms with Crippen molar-refractivity contribution in [1.82, 2.24) is 15.1 Å². The Morgan fingerprint density at radius 3 is 2.60 bits per heavy atom. The Kier molecular flexibility index (Phi) is 6.56. The molecule has 0 saturated heterocycles. The van der Waals surface area contributed by atoms with Gasteiger partial charge in [0.05, 0.1) is 11.7 Å². The molecule has 0 saturated carbocycles. The summed E-state index contributed by atoms with van der Waals surface area (Å²) in [6, 6.07) is 7.12. The smallest absolute Gasteiger partial charge is 0.287 e. The topological polar surface area (TPSA) is 69.3 Å². The maximum atomic E-state index is 12.6. The van der Waals surface area contributed by atoms with Gasteiger partial charge in [-0.1, -0.05) is 25.4 Å². The lowest BCUT2D eigenvalue weighted by Crippen LogP contribution is -2.26. The normalized spacial score (nSPS) is 12.3. The zero-order valence-corrected chi connectivity index (χ0v) is 19.0. The zero-order valence-electron chi connectivity index (χ0n) is 18.2. The maximum absolute atomic E-state index is 12.6. The predicted octanol–water partition coefficient (Wildman–Crippen LogP) is 5.48. The Balaban J connectivity index is 1.66. The summed E-state index contributed by atoms with van der Waals surface area (Å²) in [6.45, 7) is 10.2. The standard InChI is InChI=1S/C23H28ClN3O3/c1-13(2)18-10-20(24)14(3)9-22(18)29-12-17-7-8-21(30-17)23(28)25-15(4)19-11-27(6)26-16(19)5/h7-11,13,15H,12H2,1-6H3,(H,25,28). The second kappa shape index (κ2) is 8.96. The summed E-state index contributed by atoms with van der Waals surface area (Å²) in [4.78, 5) is 12.6. The van der Waals surface area contributed by atoms with E-state index in [1.807, 2.05) is 46.1 Å². The van der Waals surface area contributed by atoms with Crippen LogP contribution in [0.5, 0.6) is 5.75 Å². The van der Waals surface area contributed by atoms with Gasteiger partial charge in [-0.15, -0.1) is 0 Å². The van der Waals surface area contributed by atoms with Crippen molar-refractivity contribution in [1.29, 1.82) is 0 Å². The Morgan fingerprint density at radius 2 is 1.97 bits per heavy atom. The van der Waals surface area contributed by atoms with Gasteiger partial charge in [0.15, 0.2) is 5.76 Å². The monoisotopic (exact) mass is 429 g/mol. The number of halogens is 1. The van der Waals surface area contributed by atoms with Gasteiger partial charge in [0.25, 0.3) is 5.91 Å². The van der Waals surface area contributed by atoms with Crippen molar-refractivity contribution in [3.63, 3.8) is 0 Å². The van der Waals surface area contributed by atoms with Crippen molar-refractivity contribution in [2.75, 3.05) is 0 Å². The van der Waals surface area contributed by atoms with Crippen LogP contribution in [-0.2, 0) is 13.7 Å². The molecular weight excluding hydrogens is 402 g/mol. The number of hydrogen-bond acceptors (Lipinski definition) is 4. The summed E-state index contributed by atoms with van der Waals surface area (Å²) in [5.74, 6) is 1.59. The van der Waals surface area contributed by atoms with Gasteiger partial charge in [0.1, 0.15) is 18.1 Å². The molecule has 160 valence electrons. The third-order valence-electron chi connectivity index (χ3n) is 5.03. The van der Waals surface area contributed by atoms with Crippen LogP contribution in [0, 0.1) is 13.8 Å². The minimum Gasteiger partial charge on any atom is -0.485 e. The fraction of sp³-hybridized carbons (Fsp3) is 0.391. The number of carbonyl (C=O) groups excluding carboxylic acids is 1. The third-order valence-corrected chi connectivity index (χ3v) is 5.44. The first-order chi connectivity index (χ1) is 14.2. The van der Waals surface area contributed by atoms with E-state index in [9.17, 15) is 4.79 Å². The molecule has 3 rings (SSSR count). The Hall–Kier alpha value is -2.73. The van der Waals surface area contributed by atoms with Gasteiger partial charge in [-0.05, 0) is 62.1 Å². The summed E-state index contributed by atoms with van der Waals surface area (Å²) >= 11 is 6.26. The van der Waals surface area contributed by atoms with Crippen molar-refractivity contribution >= 4 is 17.5 Å². The highest BCUT2D eigenvalue weighted by Gasteiger charge is 2.18. The molecule has 3 aromatic rings. The number of ether oxygens (including phenoxy) is 1. The lowest BCUT2D eigenvalue weighted by atomic mass is 10.0. The second-order valence-corrected chi connectivity index (χ2v) is 8.29. The van der Waals surface area contributed by atoms with Crippen LogP contribution < -0.4 is 10.1 Å². The number of nitrogens with zero attached hydrogens (tertiary/aromatic N) is 2. The highest BCUT2D eigenvalue weighted by molar-refractivity contribution is 6.31. The number of amides is 1. The Bertz CT molecular complexity index is 1050.